The summed E-state index contributed by atoms with van der Waals surface area (Å²) in [6, 6.07) is 6.46. The summed E-state index contributed by atoms with van der Waals surface area (Å²) in [5.41, 5.74) is 0. The zero-order valence-corrected chi connectivity index (χ0v) is 5.90. The molecule has 2 nitrogen and oxygen atoms in total. The van der Waals surface area contributed by atoms with E-state index in [-0.39, 0.29) is 5.75 Å². The summed E-state index contributed by atoms with van der Waals surface area (Å²) in [5.74, 6) is 0.177. The van der Waals surface area contributed by atoms with Crippen LogP contribution in [0.5, 0.6) is 5.75 Å². The molecule has 0 heterocycles. The molecule has 0 saturated heterocycles. The van der Waals surface area contributed by atoms with E-state index in [0.29, 0.717) is 5.19 Å². The Morgan fingerprint density at radius 3 is 2.67 bits per heavy atom. The van der Waals surface area contributed by atoms with Gasteiger partial charge in [0.1, 0.15) is 5.75 Å². The van der Waals surface area contributed by atoms with Gasteiger partial charge in [-0.25, -0.2) is 0 Å². The van der Waals surface area contributed by atoms with Crippen molar-refractivity contribution in [3.63, 3.8) is 0 Å². The standard InChI is InChI=1S/C6H6O2Si/c7-5-2-1-3-6(4-5)9-8/h1-4,7,9H. The Labute approximate surface area is 55.0 Å². The van der Waals surface area contributed by atoms with Gasteiger partial charge in [0.05, 0.1) is 0 Å². The SMILES string of the molecule is O=[SiH]c1cccc(O)c1. The van der Waals surface area contributed by atoms with Crippen molar-refractivity contribution >= 4 is 14.6 Å². The molecule has 46 valence electrons. The Hall–Kier alpha value is -0.963. The average Bonchev–Trinajstić information content (AvgIpc) is 1.88. The monoisotopic (exact) mass is 138 g/mol. The second-order valence-electron chi connectivity index (χ2n) is 1.71. The van der Waals surface area contributed by atoms with E-state index < -0.39 is 9.41 Å². The molecule has 0 aromatic heterocycles. The summed E-state index contributed by atoms with van der Waals surface area (Å²) in [7, 11) is -0.912. The lowest BCUT2D eigenvalue weighted by Gasteiger charge is -1.88. The minimum absolute atomic E-state index is 0.177. The van der Waals surface area contributed by atoms with E-state index >= 15 is 0 Å². The smallest absolute Gasteiger partial charge is 0.296 e. The molecule has 0 aliphatic heterocycles. The minimum atomic E-state index is -0.912. The van der Waals surface area contributed by atoms with Gasteiger partial charge in [-0.05, 0) is 17.3 Å². The van der Waals surface area contributed by atoms with E-state index in [0.717, 1.165) is 0 Å². The van der Waals surface area contributed by atoms with Crippen LogP contribution in [0.25, 0.3) is 0 Å². The van der Waals surface area contributed by atoms with E-state index in [1.807, 2.05) is 0 Å². The summed E-state index contributed by atoms with van der Waals surface area (Å²) in [5, 5.41) is 9.52. The van der Waals surface area contributed by atoms with Crippen molar-refractivity contribution < 1.29 is 9.57 Å². The fourth-order valence-corrected chi connectivity index (χ4v) is 1.03. The van der Waals surface area contributed by atoms with Gasteiger partial charge in [-0.15, -0.1) is 0 Å². The second kappa shape index (κ2) is 2.55. The van der Waals surface area contributed by atoms with Crippen LogP contribution in [0.1, 0.15) is 0 Å². The third-order valence-electron chi connectivity index (χ3n) is 1.01. The van der Waals surface area contributed by atoms with Crippen molar-refractivity contribution in [2.24, 2.45) is 0 Å². The molecular formula is C6H6O2Si. The molecule has 1 rings (SSSR count). The van der Waals surface area contributed by atoms with E-state index in [1.54, 1.807) is 18.2 Å². The van der Waals surface area contributed by atoms with Gasteiger partial charge in [-0.3, -0.25) is 0 Å². The Bertz CT molecular complexity index is 222. The van der Waals surface area contributed by atoms with E-state index in [1.165, 1.54) is 6.07 Å². The summed E-state index contributed by atoms with van der Waals surface area (Å²) >= 11 is 0. The number of rotatable bonds is 1. The lowest BCUT2D eigenvalue weighted by Crippen LogP contribution is -2.03. The van der Waals surface area contributed by atoms with E-state index in [4.69, 9.17) is 5.11 Å². The van der Waals surface area contributed by atoms with Crippen molar-refractivity contribution in [2.75, 3.05) is 0 Å². The highest BCUT2D eigenvalue weighted by Crippen LogP contribution is 2.01. The normalized spacial score (nSPS) is 8.89. The first-order valence-corrected chi connectivity index (χ1v) is 3.62. The molecule has 1 N–H and O–H groups in total. The fraction of sp³-hybridized carbons (Fsp3) is 0. The van der Waals surface area contributed by atoms with Crippen LogP contribution in [0.2, 0.25) is 0 Å². The quantitative estimate of drug-likeness (QED) is 0.546. The molecule has 3 heteroatoms. The zero-order valence-electron chi connectivity index (χ0n) is 4.74. The maximum atomic E-state index is 10.3. The highest BCUT2D eigenvalue weighted by atomic mass is 28.2. The van der Waals surface area contributed by atoms with Crippen LogP contribution < -0.4 is 5.19 Å². The van der Waals surface area contributed by atoms with Gasteiger partial charge in [0.25, 0.3) is 9.41 Å². The predicted molar refractivity (Wildman–Crippen MR) is 35.6 cm³/mol. The second-order valence-corrected chi connectivity index (χ2v) is 2.62. The lowest BCUT2D eigenvalue weighted by molar-refractivity contribution is 0.475. The summed E-state index contributed by atoms with van der Waals surface area (Å²) in [4.78, 5) is 0. The van der Waals surface area contributed by atoms with Gasteiger partial charge in [0.2, 0.25) is 0 Å². The van der Waals surface area contributed by atoms with Crippen LogP contribution in [0.3, 0.4) is 0 Å². The van der Waals surface area contributed by atoms with Crippen LogP contribution in [-0.4, -0.2) is 14.5 Å². The molecule has 0 atom stereocenters. The highest BCUT2D eigenvalue weighted by molar-refractivity contribution is 6.38. The van der Waals surface area contributed by atoms with Crippen LogP contribution in [0.15, 0.2) is 24.3 Å². The van der Waals surface area contributed by atoms with Gasteiger partial charge in [-0.1, -0.05) is 12.1 Å². The molecule has 0 aliphatic rings. The maximum absolute atomic E-state index is 10.3. The number of hydrogen-bond acceptors (Lipinski definition) is 2. The van der Waals surface area contributed by atoms with Crippen molar-refractivity contribution in [1.29, 1.82) is 0 Å². The van der Waals surface area contributed by atoms with Gasteiger partial charge < -0.3 is 9.57 Å². The van der Waals surface area contributed by atoms with Crippen molar-refractivity contribution in [3.8, 4) is 5.75 Å². The summed E-state index contributed by atoms with van der Waals surface area (Å²) in [6.07, 6.45) is 0. The first-order valence-electron chi connectivity index (χ1n) is 2.57. The van der Waals surface area contributed by atoms with Gasteiger partial charge in [0.15, 0.2) is 0 Å². The van der Waals surface area contributed by atoms with Crippen LogP contribution in [0.4, 0.5) is 0 Å². The Balaban J connectivity index is 3.07. The molecule has 0 radical (unpaired) electrons. The van der Waals surface area contributed by atoms with Gasteiger partial charge in [-0.2, -0.15) is 0 Å². The highest BCUT2D eigenvalue weighted by Gasteiger charge is 1.89. The van der Waals surface area contributed by atoms with Crippen LogP contribution in [0, 0.1) is 0 Å². The van der Waals surface area contributed by atoms with Crippen molar-refractivity contribution in [1.82, 2.24) is 0 Å². The first kappa shape index (κ1) is 6.16. The van der Waals surface area contributed by atoms with Gasteiger partial charge >= 0.3 is 0 Å². The average molecular weight is 138 g/mol. The van der Waals surface area contributed by atoms with Crippen LogP contribution in [-0.2, 0) is 4.46 Å². The molecule has 0 saturated carbocycles. The zero-order chi connectivity index (χ0) is 6.69. The summed E-state index contributed by atoms with van der Waals surface area (Å²) < 4.78 is 10.3. The molecule has 9 heavy (non-hydrogen) atoms. The molecule has 1 aromatic rings. The van der Waals surface area contributed by atoms with Gasteiger partial charge in [0, 0.05) is 0 Å². The predicted octanol–water partition coefficient (Wildman–Crippen LogP) is -0.201. The topological polar surface area (TPSA) is 37.3 Å². The number of benzene rings is 1. The number of hydrogen-bond donors (Lipinski definition) is 1. The van der Waals surface area contributed by atoms with Crippen LogP contribution >= 0.6 is 0 Å². The van der Waals surface area contributed by atoms with E-state index in [9.17, 15) is 4.46 Å². The molecule has 1 aromatic carbocycles. The van der Waals surface area contributed by atoms with E-state index in [2.05, 4.69) is 0 Å². The molecule has 0 bridgehead atoms. The number of aromatic hydroxyl groups is 1. The first-order chi connectivity index (χ1) is 4.33. The molecular weight excluding hydrogens is 132 g/mol. The summed E-state index contributed by atoms with van der Waals surface area (Å²) in [6.45, 7) is 0. The molecule has 0 unspecified atom stereocenters. The lowest BCUT2D eigenvalue weighted by atomic mass is 10.3. The third kappa shape index (κ3) is 1.47. The Kier molecular flexibility index (Phi) is 1.74. The third-order valence-corrected chi connectivity index (χ3v) is 1.64. The number of phenolic OH excluding ortho intramolecular Hbond substituents is 1. The maximum Gasteiger partial charge on any atom is 0.296 e. The van der Waals surface area contributed by atoms with Crippen molar-refractivity contribution in [3.05, 3.63) is 24.3 Å². The molecule has 0 spiro atoms. The number of phenols is 1. The minimum Gasteiger partial charge on any atom is -0.508 e. The molecule has 0 aliphatic carbocycles. The Morgan fingerprint density at radius 2 is 2.22 bits per heavy atom. The molecule has 0 fully saturated rings. The largest absolute Gasteiger partial charge is 0.508 e. The fourth-order valence-electron chi connectivity index (χ4n) is 0.598. The Morgan fingerprint density at radius 1 is 1.44 bits per heavy atom. The molecule has 0 amide bonds. The van der Waals surface area contributed by atoms with Crippen molar-refractivity contribution in [2.45, 2.75) is 0 Å².